The molecule has 1 aliphatic heterocycles. The summed E-state index contributed by atoms with van der Waals surface area (Å²) in [4.78, 5) is 12.8. The molecule has 0 bridgehead atoms. The summed E-state index contributed by atoms with van der Waals surface area (Å²) in [5, 5.41) is 40.1. The Morgan fingerprint density at radius 2 is 1.02 bits per heavy atom. The Labute approximate surface area is 331 Å². The van der Waals surface area contributed by atoms with Crippen LogP contribution in [0.5, 0.6) is 0 Å². The molecule has 0 radical (unpaired) electrons. The standard InChI is InChI=1S/C45H86O9/c1-3-5-7-9-11-13-15-17-18-19-20-21-22-24-26-28-30-32-34-41(47)53-39(38-52-45-44(50)43(49)42(48)40(36-46)54-45)37-51-35-33-31-29-27-25-23-16-14-12-10-8-6-4-2/h18-19,39-40,42-46,48-50H,3-17,20-38H2,1-2H3/b19-18-. The summed E-state index contributed by atoms with van der Waals surface area (Å²) in [6, 6.07) is 0. The highest BCUT2D eigenvalue weighted by atomic mass is 16.7. The van der Waals surface area contributed by atoms with Crippen molar-refractivity contribution >= 4 is 5.97 Å². The Bertz CT molecular complexity index is 838. The molecule has 0 amide bonds. The topological polar surface area (TPSA) is 135 Å². The maximum atomic E-state index is 12.8. The van der Waals surface area contributed by atoms with Crippen molar-refractivity contribution in [1.29, 1.82) is 0 Å². The number of allylic oxidation sites excluding steroid dienone is 2. The molecule has 1 fully saturated rings. The van der Waals surface area contributed by atoms with Crippen molar-refractivity contribution < 1.29 is 44.2 Å². The molecule has 0 aromatic rings. The lowest BCUT2D eigenvalue weighted by Gasteiger charge is -2.39. The highest BCUT2D eigenvalue weighted by Gasteiger charge is 2.44. The van der Waals surface area contributed by atoms with Gasteiger partial charge in [-0.1, -0.05) is 174 Å². The van der Waals surface area contributed by atoms with E-state index in [0.717, 1.165) is 32.1 Å². The number of carbonyl (C=O) groups excluding carboxylic acids is 1. The number of ether oxygens (including phenoxy) is 4. The van der Waals surface area contributed by atoms with E-state index in [2.05, 4.69) is 26.0 Å². The lowest BCUT2D eigenvalue weighted by atomic mass is 9.99. The molecule has 0 saturated carbocycles. The van der Waals surface area contributed by atoms with Crippen LogP contribution >= 0.6 is 0 Å². The molecular weight excluding hydrogens is 684 g/mol. The molecule has 9 heteroatoms. The molecule has 0 spiro atoms. The second kappa shape index (κ2) is 37.5. The second-order valence-electron chi connectivity index (χ2n) is 15.9. The molecule has 1 heterocycles. The summed E-state index contributed by atoms with van der Waals surface area (Å²) in [6.45, 7) is 4.58. The predicted molar refractivity (Wildman–Crippen MR) is 219 cm³/mol. The van der Waals surface area contributed by atoms with Gasteiger partial charge in [-0.2, -0.15) is 0 Å². The van der Waals surface area contributed by atoms with E-state index in [0.29, 0.717) is 13.0 Å². The van der Waals surface area contributed by atoms with Crippen molar-refractivity contribution in [2.45, 2.75) is 243 Å². The third-order valence-electron chi connectivity index (χ3n) is 10.7. The van der Waals surface area contributed by atoms with Crippen LogP contribution in [0.25, 0.3) is 0 Å². The molecule has 320 valence electrons. The molecule has 1 saturated heterocycles. The van der Waals surface area contributed by atoms with Crippen LogP contribution in [-0.4, -0.2) is 89.6 Å². The Hall–Kier alpha value is -1.07. The van der Waals surface area contributed by atoms with E-state index in [1.807, 2.05) is 0 Å². The van der Waals surface area contributed by atoms with Crippen molar-refractivity contribution in [2.24, 2.45) is 0 Å². The maximum absolute atomic E-state index is 12.8. The smallest absolute Gasteiger partial charge is 0.306 e. The SMILES string of the molecule is CCCCCCCCC/C=C\CCCCCCCCCC(=O)OC(COCCCCCCCCCCCCCCC)COC1OC(CO)C(O)C(O)C1O. The van der Waals surface area contributed by atoms with E-state index in [9.17, 15) is 25.2 Å². The number of aliphatic hydroxyl groups is 4. The molecule has 0 aromatic heterocycles. The van der Waals surface area contributed by atoms with Crippen LogP contribution in [0.15, 0.2) is 12.2 Å². The third kappa shape index (κ3) is 28.3. The third-order valence-corrected chi connectivity index (χ3v) is 10.7. The van der Waals surface area contributed by atoms with Crippen molar-refractivity contribution in [1.82, 2.24) is 0 Å². The van der Waals surface area contributed by atoms with Gasteiger partial charge in [0, 0.05) is 13.0 Å². The monoisotopic (exact) mass is 771 g/mol. The summed E-state index contributed by atoms with van der Waals surface area (Å²) in [7, 11) is 0. The number of carbonyl (C=O) groups is 1. The summed E-state index contributed by atoms with van der Waals surface area (Å²) in [5.74, 6) is -0.315. The fourth-order valence-corrected chi connectivity index (χ4v) is 7.08. The first-order valence-corrected chi connectivity index (χ1v) is 22.8. The molecule has 4 N–H and O–H groups in total. The van der Waals surface area contributed by atoms with Gasteiger partial charge in [-0.25, -0.2) is 0 Å². The molecule has 1 aliphatic rings. The summed E-state index contributed by atoms with van der Waals surface area (Å²) in [5.41, 5.74) is 0. The van der Waals surface area contributed by atoms with Gasteiger partial charge in [-0.05, 0) is 38.5 Å². The van der Waals surface area contributed by atoms with Crippen LogP contribution in [0.3, 0.4) is 0 Å². The molecule has 1 rings (SSSR count). The number of unbranched alkanes of at least 4 members (excludes halogenated alkanes) is 26. The zero-order valence-corrected chi connectivity index (χ0v) is 35.0. The van der Waals surface area contributed by atoms with E-state index in [4.69, 9.17) is 18.9 Å². The zero-order chi connectivity index (χ0) is 39.3. The Balaban J connectivity index is 2.25. The van der Waals surface area contributed by atoms with Gasteiger partial charge in [-0.3, -0.25) is 4.79 Å². The number of hydrogen-bond acceptors (Lipinski definition) is 9. The zero-order valence-electron chi connectivity index (χ0n) is 35.0. The number of aliphatic hydroxyl groups excluding tert-OH is 4. The van der Waals surface area contributed by atoms with E-state index in [-0.39, 0.29) is 19.2 Å². The van der Waals surface area contributed by atoms with Gasteiger partial charge in [0.25, 0.3) is 0 Å². The Kier molecular flexibility index (Phi) is 35.4. The summed E-state index contributed by atoms with van der Waals surface area (Å²) < 4.78 is 22.8. The fourth-order valence-electron chi connectivity index (χ4n) is 7.08. The maximum Gasteiger partial charge on any atom is 0.306 e. The van der Waals surface area contributed by atoms with Gasteiger partial charge in [-0.15, -0.1) is 0 Å². The molecule has 54 heavy (non-hydrogen) atoms. The second-order valence-corrected chi connectivity index (χ2v) is 15.9. The molecule has 6 atom stereocenters. The largest absolute Gasteiger partial charge is 0.457 e. The summed E-state index contributed by atoms with van der Waals surface area (Å²) >= 11 is 0. The molecule has 6 unspecified atom stereocenters. The average Bonchev–Trinajstić information content (AvgIpc) is 3.17. The Morgan fingerprint density at radius 3 is 1.50 bits per heavy atom. The quantitative estimate of drug-likeness (QED) is 0.0274. The molecular formula is C45H86O9. The lowest BCUT2D eigenvalue weighted by Crippen LogP contribution is -2.59. The van der Waals surface area contributed by atoms with E-state index < -0.39 is 43.4 Å². The van der Waals surface area contributed by atoms with E-state index in [1.54, 1.807) is 0 Å². The minimum atomic E-state index is -1.53. The highest BCUT2D eigenvalue weighted by molar-refractivity contribution is 5.69. The van der Waals surface area contributed by atoms with Crippen molar-refractivity contribution in [3.8, 4) is 0 Å². The minimum Gasteiger partial charge on any atom is -0.457 e. The summed E-state index contributed by atoms with van der Waals surface area (Å²) in [6.07, 6.45) is 33.7. The van der Waals surface area contributed by atoms with Gasteiger partial charge in [0.1, 0.15) is 30.5 Å². The van der Waals surface area contributed by atoms with Crippen LogP contribution in [-0.2, 0) is 23.7 Å². The molecule has 0 aromatic carbocycles. The van der Waals surface area contributed by atoms with Gasteiger partial charge >= 0.3 is 5.97 Å². The van der Waals surface area contributed by atoms with Crippen molar-refractivity contribution in [3.05, 3.63) is 12.2 Å². The first-order chi connectivity index (χ1) is 26.4. The molecule has 9 nitrogen and oxygen atoms in total. The van der Waals surface area contributed by atoms with Gasteiger partial charge in [0.2, 0.25) is 0 Å². The van der Waals surface area contributed by atoms with E-state index in [1.165, 1.54) is 154 Å². The van der Waals surface area contributed by atoms with Crippen LogP contribution in [0.4, 0.5) is 0 Å². The number of rotatable bonds is 39. The molecule has 0 aliphatic carbocycles. The minimum absolute atomic E-state index is 0.110. The fraction of sp³-hybridized carbons (Fsp3) is 0.933. The van der Waals surface area contributed by atoms with E-state index >= 15 is 0 Å². The normalized spacial score (nSPS) is 20.9. The number of hydrogen-bond donors (Lipinski definition) is 4. The van der Waals surface area contributed by atoms with Gasteiger partial charge in [0.05, 0.1) is 19.8 Å². The number of esters is 1. The van der Waals surface area contributed by atoms with Crippen molar-refractivity contribution in [2.75, 3.05) is 26.4 Å². The van der Waals surface area contributed by atoms with Crippen LogP contribution in [0, 0.1) is 0 Å². The first kappa shape index (κ1) is 50.9. The van der Waals surface area contributed by atoms with Crippen LogP contribution in [0.2, 0.25) is 0 Å². The average molecular weight is 771 g/mol. The Morgan fingerprint density at radius 1 is 0.574 bits per heavy atom. The van der Waals surface area contributed by atoms with Crippen LogP contribution in [0.1, 0.15) is 206 Å². The van der Waals surface area contributed by atoms with Crippen molar-refractivity contribution in [3.63, 3.8) is 0 Å². The van der Waals surface area contributed by atoms with Crippen LogP contribution < -0.4 is 0 Å². The first-order valence-electron chi connectivity index (χ1n) is 22.8. The van der Waals surface area contributed by atoms with Gasteiger partial charge in [0.15, 0.2) is 6.29 Å². The highest BCUT2D eigenvalue weighted by Crippen LogP contribution is 2.23. The van der Waals surface area contributed by atoms with Gasteiger partial charge < -0.3 is 39.4 Å². The lowest BCUT2D eigenvalue weighted by molar-refractivity contribution is -0.305. The predicted octanol–water partition coefficient (Wildman–Crippen LogP) is 10.0.